The van der Waals surface area contributed by atoms with Crippen LogP contribution in [0.3, 0.4) is 0 Å². The first kappa shape index (κ1) is 16.3. The summed E-state index contributed by atoms with van der Waals surface area (Å²) in [5, 5.41) is 3.36. The quantitative estimate of drug-likeness (QED) is 0.866. The Morgan fingerprint density at radius 2 is 1.77 bits per heavy atom. The topological polar surface area (TPSA) is 35.6 Å². The molecule has 3 heterocycles. The minimum atomic E-state index is 0.288. The molecule has 0 radical (unpaired) electrons. The van der Waals surface area contributed by atoms with Crippen LogP contribution in [0.2, 0.25) is 0 Å². The van der Waals surface area contributed by atoms with E-state index in [2.05, 4.69) is 22.0 Å². The summed E-state index contributed by atoms with van der Waals surface area (Å²) < 4.78 is 0. The van der Waals surface area contributed by atoms with Crippen LogP contribution < -0.4 is 5.32 Å². The molecule has 1 N–H and O–H groups in total. The van der Waals surface area contributed by atoms with Gasteiger partial charge in [0.25, 0.3) is 0 Å². The van der Waals surface area contributed by atoms with E-state index in [1.807, 2.05) is 0 Å². The van der Waals surface area contributed by atoms with E-state index >= 15 is 0 Å². The third kappa shape index (κ3) is 4.23. The Balaban J connectivity index is 1.47. The summed E-state index contributed by atoms with van der Waals surface area (Å²) in [4.78, 5) is 17.6. The molecule has 1 amide bonds. The van der Waals surface area contributed by atoms with Crippen molar-refractivity contribution in [1.29, 1.82) is 0 Å². The highest BCUT2D eigenvalue weighted by atomic mass is 16.2. The molecule has 126 valence electrons. The number of piperidine rings is 3. The van der Waals surface area contributed by atoms with Crippen LogP contribution in [0, 0.1) is 17.8 Å². The van der Waals surface area contributed by atoms with Crippen molar-refractivity contribution in [2.24, 2.45) is 17.8 Å². The molecular weight excluding hydrogens is 274 g/mol. The van der Waals surface area contributed by atoms with Gasteiger partial charge in [-0.1, -0.05) is 6.92 Å². The Hall–Kier alpha value is -0.610. The molecule has 4 heteroatoms. The maximum absolute atomic E-state index is 12.7. The lowest BCUT2D eigenvalue weighted by Gasteiger charge is -2.39. The second kappa shape index (κ2) is 7.78. The second-order valence-corrected chi connectivity index (χ2v) is 7.80. The molecular formula is C18H33N3O. The zero-order valence-corrected chi connectivity index (χ0v) is 14.2. The number of hydrogen-bond acceptors (Lipinski definition) is 3. The van der Waals surface area contributed by atoms with Crippen molar-refractivity contribution in [2.75, 3.05) is 45.8 Å². The van der Waals surface area contributed by atoms with Gasteiger partial charge < -0.3 is 15.1 Å². The summed E-state index contributed by atoms with van der Waals surface area (Å²) in [6.45, 7) is 10.1. The van der Waals surface area contributed by atoms with Crippen molar-refractivity contribution in [3.05, 3.63) is 0 Å². The molecule has 3 aliphatic rings. The zero-order valence-electron chi connectivity index (χ0n) is 14.2. The van der Waals surface area contributed by atoms with E-state index in [1.165, 1.54) is 45.3 Å². The van der Waals surface area contributed by atoms with Gasteiger partial charge in [-0.3, -0.25) is 4.79 Å². The highest BCUT2D eigenvalue weighted by Crippen LogP contribution is 2.24. The Morgan fingerprint density at radius 3 is 2.50 bits per heavy atom. The maximum atomic E-state index is 12.7. The molecule has 3 fully saturated rings. The van der Waals surface area contributed by atoms with Crippen LogP contribution >= 0.6 is 0 Å². The molecule has 0 aromatic rings. The lowest BCUT2D eigenvalue weighted by molar-refractivity contribution is -0.138. The minimum absolute atomic E-state index is 0.288. The van der Waals surface area contributed by atoms with Crippen molar-refractivity contribution in [3.8, 4) is 0 Å². The summed E-state index contributed by atoms with van der Waals surface area (Å²) >= 11 is 0. The van der Waals surface area contributed by atoms with Gasteiger partial charge in [0.15, 0.2) is 0 Å². The van der Waals surface area contributed by atoms with E-state index in [9.17, 15) is 4.79 Å². The van der Waals surface area contributed by atoms with Gasteiger partial charge in [0.1, 0.15) is 0 Å². The lowest BCUT2D eigenvalue weighted by Crippen LogP contribution is -2.48. The minimum Gasteiger partial charge on any atom is -0.342 e. The van der Waals surface area contributed by atoms with Crippen molar-refractivity contribution in [3.63, 3.8) is 0 Å². The second-order valence-electron chi connectivity index (χ2n) is 7.80. The number of amides is 1. The molecule has 0 bridgehead atoms. The fourth-order valence-electron chi connectivity index (χ4n) is 4.35. The first-order chi connectivity index (χ1) is 10.7. The van der Waals surface area contributed by atoms with Gasteiger partial charge in [-0.15, -0.1) is 0 Å². The predicted octanol–water partition coefficient (Wildman–Crippen LogP) is 1.96. The summed E-state index contributed by atoms with van der Waals surface area (Å²) in [5.74, 6) is 2.34. The molecule has 3 aliphatic heterocycles. The molecule has 0 aliphatic carbocycles. The van der Waals surface area contributed by atoms with Crippen LogP contribution in [-0.2, 0) is 4.79 Å². The number of nitrogens with zero attached hydrogens (tertiary/aromatic N) is 2. The predicted molar refractivity (Wildman–Crippen MR) is 89.7 cm³/mol. The Morgan fingerprint density at radius 1 is 1.05 bits per heavy atom. The van der Waals surface area contributed by atoms with Crippen LogP contribution in [0.4, 0.5) is 0 Å². The largest absolute Gasteiger partial charge is 0.342 e. The molecule has 0 aromatic carbocycles. The van der Waals surface area contributed by atoms with Crippen LogP contribution in [0.15, 0.2) is 0 Å². The maximum Gasteiger partial charge on any atom is 0.225 e. The van der Waals surface area contributed by atoms with E-state index in [0.29, 0.717) is 11.8 Å². The van der Waals surface area contributed by atoms with Gasteiger partial charge in [0, 0.05) is 25.6 Å². The molecule has 0 aromatic heterocycles. The molecule has 0 saturated carbocycles. The molecule has 3 saturated heterocycles. The molecule has 4 nitrogen and oxygen atoms in total. The Labute approximate surface area is 135 Å². The van der Waals surface area contributed by atoms with E-state index < -0.39 is 0 Å². The number of carbonyl (C=O) groups is 1. The third-order valence-electron chi connectivity index (χ3n) is 5.91. The van der Waals surface area contributed by atoms with Gasteiger partial charge in [-0.2, -0.15) is 0 Å². The number of hydrogen-bond donors (Lipinski definition) is 1. The first-order valence-electron chi connectivity index (χ1n) is 9.44. The standard InChI is InChI=1S/C18H33N3O/c1-15-6-11-20(12-7-15)13-16-3-2-10-21(14-16)18(22)17-4-8-19-9-5-17/h15-17,19H,2-14H2,1H3. The summed E-state index contributed by atoms with van der Waals surface area (Å²) in [5.41, 5.74) is 0. The van der Waals surface area contributed by atoms with E-state index in [4.69, 9.17) is 0 Å². The van der Waals surface area contributed by atoms with Crippen molar-refractivity contribution < 1.29 is 4.79 Å². The number of rotatable bonds is 3. The van der Waals surface area contributed by atoms with Gasteiger partial charge in [-0.25, -0.2) is 0 Å². The first-order valence-corrected chi connectivity index (χ1v) is 9.44. The highest BCUT2D eigenvalue weighted by Gasteiger charge is 2.30. The SMILES string of the molecule is CC1CCN(CC2CCCN(C(=O)C3CCNCC3)C2)CC1. The van der Waals surface area contributed by atoms with Crippen molar-refractivity contribution in [1.82, 2.24) is 15.1 Å². The van der Waals surface area contributed by atoms with E-state index in [1.54, 1.807) is 0 Å². The summed E-state index contributed by atoms with van der Waals surface area (Å²) in [6, 6.07) is 0. The van der Waals surface area contributed by atoms with E-state index in [0.717, 1.165) is 44.9 Å². The number of likely N-dealkylation sites (tertiary alicyclic amines) is 2. The Kier molecular flexibility index (Phi) is 5.75. The molecule has 22 heavy (non-hydrogen) atoms. The third-order valence-corrected chi connectivity index (χ3v) is 5.91. The van der Waals surface area contributed by atoms with Crippen LogP contribution in [0.25, 0.3) is 0 Å². The normalized spacial score (nSPS) is 29.7. The van der Waals surface area contributed by atoms with Gasteiger partial charge in [0.05, 0.1) is 0 Å². The number of nitrogens with one attached hydrogen (secondary N) is 1. The van der Waals surface area contributed by atoms with Crippen molar-refractivity contribution >= 4 is 5.91 Å². The average Bonchev–Trinajstić information content (AvgIpc) is 2.57. The van der Waals surface area contributed by atoms with Gasteiger partial charge >= 0.3 is 0 Å². The smallest absolute Gasteiger partial charge is 0.225 e. The van der Waals surface area contributed by atoms with E-state index in [-0.39, 0.29) is 5.92 Å². The average molecular weight is 307 g/mol. The molecule has 1 atom stereocenters. The molecule has 1 unspecified atom stereocenters. The highest BCUT2D eigenvalue weighted by molar-refractivity contribution is 5.79. The Bertz CT molecular complexity index is 359. The van der Waals surface area contributed by atoms with Crippen LogP contribution in [0.1, 0.15) is 45.4 Å². The fraction of sp³-hybridized carbons (Fsp3) is 0.944. The van der Waals surface area contributed by atoms with Crippen LogP contribution in [0.5, 0.6) is 0 Å². The lowest BCUT2D eigenvalue weighted by atomic mass is 9.91. The molecule has 3 rings (SSSR count). The van der Waals surface area contributed by atoms with Crippen molar-refractivity contribution in [2.45, 2.75) is 45.4 Å². The fourth-order valence-corrected chi connectivity index (χ4v) is 4.35. The van der Waals surface area contributed by atoms with Crippen LogP contribution in [-0.4, -0.2) is 61.5 Å². The van der Waals surface area contributed by atoms with Gasteiger partial charge in [-0.05, 0) is 76.5 Å². The summed E-state index contributed by atoms with van der Waals surface area (Å²) in [7, 11) is 0. The summed E-state index contributed by atoms with van der Waals surface area (Å²) in [6.07, 6.45) is 7.27. The van der Waals surface area contributed by atoms with Gasteiger partial charge in [0.2, 0.25) is 5.91 Å². The number of carbonyl (C=O) groups excluding carboxylic acids is 1. The molecule has 0 spiro atoms. The zero-order chi connectivity index (χ0) is 15.4. The monoisotopic (exact) mass is 307 g/mol.